The maximum atomic E-state index is 12.6. The van der Waals surface area contributed by atoms with Crippen LogP contribution < -0.4 is 9.47 Å². The van der Waals surface area contributed by atoms with Crippen molar-refractivity contribution in [3.05, 3.63) is 71.8 Å². The maximum absolute atomic E-state index is 12.6. The summed E-state index contributed by atoms with van der Waals surface area (Å²) in [4.78, 5) is 12.6. The number of ether oxygens (including phenoxy) is 2. The monoisotopic (exact) mass is 490 g/mol. The Morgan fingerprint density at radius 2 is 1.58 bits per heavy atom. The third kappa shape index (κ3) is 9.48. The summed E-state index contributed by atoms with van der Waals surface area (Å²) in [5.74, 6) is 3.34. The summed E-state index contributed by atoms with van der Waals surface area (Å²) in [6.07, 6.45) is 18.2. The highest BCUT2D eigenvalue weighted by Gasteiger charge is 2.21. The lowest BCUT2D eigenvalue weighted by Gasteiger charge is -2.28. The molecule has 3 nitrogen and oxygen atoms in total. The van der Waals surface area contributed by atoms with E-state index in [1.807, 2.05) is 24.3 Å². The first-order valence-corrected chi connectivity index (χ1v) is 14.3. The first kappa shape index (κ1) is 28.0. The number of hydrogen-bond acceptors (Lipinski definition) is 3. The molecule has 1 aliphatic carbocycles. The van der Waals surface area contributed by atoms with Gasteiger partial charge in [0, 0.05) is 0 Å². The number of allylic oxidation sites excluding steroid dienone is 2. The van der Waals surface area contributed by atoms with Crippen molar-refractivity contribution in [2.75, 3.05) is 6.61 Å². The molecular formula is C33H46O3. The second-order valence-electron chi connectivity index (χ2n) is 10.5. The van der Waals surface area contributed by atoms with E-state index in [1.165, 1.54) is 63.4 Å². The van der Waals surface area contributed by atoms with Crippen LogP contribution in [-0.2, 0) is 0 Å². The van der Waals surface area contributed by atoms with Crippen LogP contribution in [0.4, 0.5) is 0 Å². The highest BCUT2D eigenvalue weighted by atomic mass is 16.5. The molecule has 0 aliphatic heterocycles. The van der Waals surface area contributed by atoms with Crippen LogP contribution in [-0.4, -0.2) is 12.6 Å². The van der Waals surface area contributed by atoms with Gasteiger partial charge in [0.05, 0.1) is 12.2 Å². The smallest absolute Gasteiger partial charge is 0.343 e. The van der Waals surface area contributed by atoms with Crippen LogP contribution in [0.2, 0.25) is 0 Å². The lowest BCUT2D eigenvalue weighted by Crippen LogP contribution is -2.13. The summed E-state index contributed by atoms with van der Waals surface area (Å²) in [5.41, 5.74) is 1.90. The van der Waals surface area contributed by atoms with Crippen molar-refractivity contribution in [2.45, 2.75) is 97.3 Å². The Morgan fingerprint density at radius 3 is 2.25 bits per heavy atom. The summed E-state index contributed by atoms with van der Waals surface area (Å²) >= 11 is 0. The van der Waals surface area contributed by atoms with Crippen LogP contribution in [0.15, 0.2) is 60.7 Å². The lowest BCUT2D eigenvalue weighted by atomic mass is 9.77. The van der Waals surface area contributed by atoms with Crippen LogP contribution >= 0.6 is 0 Å². The topological polar surface area (TPSA) is 35.5 Å². The molecule has 3 heteroatoms. The van der Waals surface area contributed by atoms with Gasteiger partial charge in [-0.3, -0.25) is 0 Å². The number of esters is 1. The van der Waals surface area contributed by atoms with Gasteiger partial charge in [0.1, 0.15) is 11.5 Å². The Balaban J connectivity index is 1.38. The molecule has 2 aromatic rings. The second-order valence-corrected chi connectivity index (χ2v) is 10.5. The average Bonchev–Trinajstić information content (AvgIpc) is 2.92. The van der Waals surface area contributed by atoms with Crippen molar-refractivity contribution < 1.29 is 14.3 Å². The Labute approximate surface area is 219 Å². The van der Waals surface area contributed by atoms with Crippen LogP contribution in [0.1, 0.15) is 113 Å². The molecular weight excluding hydrogens is 444 g/mol. The van der Waals surface area contributed by atoms with Crippen molar-refractivity contribution in [1.82, 2.24) is 0 Å². The molecule has 0 bridgehead atoms. The summed E-state index contributed by atoms with van der Waals surface area (Å²) < 4.78 is 11.5. The molecule has 1 saturated carbocycles. The zero-order valence-corrected chi connectivity index (χ0v) is 22.7. The molecule has 0 aromatic heterocycles. The Bertz CT molecular complexity index is 905. The van der Waals surface area contributed by atoms with Gasteiger partial charge in [-0.25, -0.2) is 4.79 Å². The Morgan fingerprint density at radius 1 is 0.889 bits per heavy atom. The minimum Gasteiger partial charge on any atom is -0.494 e. The minimum absolute atomic E-state index is 0.333. The molecule has 1 aliphatic rings. The number of carbonyl (C=O) groups excluding carboxylic acids is 1. The van der Waals surface area contributed by atoms with E-state index in [9.17, 15) is 4.79 Å². The van der Waals surface area contributed by atoms with E-state index in [-0.39, 0.29) is 5.97 Å². The second kappa shape index (κ2) is 15.5. The molecule has 0 amide bonds. The van der Waals surface area contributed by atoms with E-state index in [0.717, 1.165) is 30.4 Å². The number of benzene rings is 2. The van der Waals surface area contributed by atoms with Crippen LogP contribution in [0.5, 0.6) is 11.5 Å². The summed E-state index contributed by atoms with van der Waals surface area (Å²) in [5, 5.41) is 0. The largest absolute Gasteiger partial charge is 0.494 e. The van der Waals surface area contributed by atoms with Gasteiger partial charge in [0.15, 0.2) is 0 Å². The summed E-state index contributed by atoms with van der Waals surface area (Å²) in [6, 6.07) is 15.4. The lowest BCUT2D eigenvalue weighted by molar-refractivity contribution is 0.0734. The van der Waals surface area contributed by atoms with Gasteiger partial charge in [0.25, 0.3) is 0 Å². The molecule has 196 valence electrons. The minimum atomic E-state index is -0.333. The maximum Gasteiger partial charge on any atom is 0.343 e. The third-order valence-corrected chi connectivity index (χ3v) is 7.68. The molecule has 0 saturated heterocycles. The predicted molar refractivity (Wildman–Crippen MR) is 150 cm³/mol. The fraction of sp³-hybridized carbons (Fsp3) is 0.545. The Kier molecular flexibility index (Phi) is 12.1. The van der Waals surface area contributed by atoms with Crippen LogP contribution in [0, 0.1) is 11.8 Å². The first-order chi connectivity index (χ1) is 17.6. The van der Waals surface area contributed by atoms with Crippen LogP contribution in [0.25, 0.3) is 0 Å². The first-order valence-electron chi connectivity index (χ1n) is 14.3. The van der Waals surface area contributed by atoms with E-state index < -0.39 is 0 Å². The van der Waals surface area contributed by atoms with Crippen molar-refractivity contribution >= 4 is 5.97 Å². The number of rotatable bonds is 14. The fourth-order valence-corrected chi connectivity index (χ4v) is 5.01. The molecule has 3 rings (SSSR count). The van der Waals surface area contributed by atoms with E-state index in [1.54, 1.807) is 12.1 Å². The van der Waals surface area contributed by atoms with Gasteiger partial charge in [-0.05, 0) is 105 Å². The van der Waals surface area contributed by atoms with Crippen LogP contribution in [0.3, 0.4) is 0 Å². The van der Waals surface area contributed by atoms with E-state index in [4.69, 9.17) is 9.47 Å². The van der Waals surface area contributed by atoms with Gasteiger partial charge in [0.2, 0.25) is 0 Å². The zero-order chi connectivity index (χ0) is 25.6. The molecule has 0 unspecified atom stereocenters. The van der Waals surface area contributed by atoms with E-state index in [2.05, 4.69) is 45.1 Å². The standard InChI is InChI=1S/C33H46O3/c1-4-6-8-12-27-13-15-28(16-14-27)29-17-23-32(24-18-29)36-33(34)30-19-21-31(22-20-30)35-25-10-7-9-11-26(3)5-2/h6,8,17-24,26-28H,4-5,7,9-16,25H2,1-3H3/b8-6-/t26-,27?,28?/m0/s1. The molecule has 0 heterocycles. The third-order valence-electron chi connectivity index (χ3n) is 7.68. The highest BCUT2D eigenvalue weighted by molar-refractivity contribution is 5.91. The van der Waals surface area contributed by atoms with Gasteiger partial charge < -0.3 is 9.47 Å². The molecule has 0 N–H and O–H groups in total. The summed E-state index contributed by atoms with van der Waals surface area (Å²) in [7, 11) is 0. The number of hydrogen-bond donors (Lipinski definition) is 0. The molecule has 36 heavy (non-hydrogen) atoms. The number of carbonyl (C=O) groups is 1. The average molecular weight is 491 g/mol. The van der Waals surface area contributed by atoms with Crippen molar-refractivity contribution in [1.29, 1.82) is 0 Å². The van der Waals surface area contributed by atoms with Gasteiger partial charge in [-0.1, -0.05) is 70.7 Å². The van der Waals surface area contributed by atoms with Crippen molar-refractivity contribution in [3.8, 4) is 11.5 Å². The predicted octanol–water partition coefficient (Wildman–Crippen LogP) is 9.52. The zero-order valence-electron chi connectivity index (χ0n) is 22.7. The summed E-state index contributed by atoms with van der Waals surface area (Å²) in [6.45, 7) is 7.48. The molecule has 2 aromatic carbocycles. The fourth-order valence-electron chi connectivity index (χ4n) is 5.01. The normalized spacial score (nSPS) is 18.8. The molecule has 0 spiro atoms. The van der Waals surface area contributed by atoms with E-state index >= 15 is 0 Å². The Hall–Kier alpha value is -2.55. The van der Waals surface area contributed by atoms with Gasteiger partial charge >= 0.3 is 5.97 Å². The van der Waals surface area contributed by atoms with Gasteiger partial charge in [-0.2, -0.15) is 0 Å². The molecule has 0 radical (unpaired) electrons. The molecule has 1 fully saturated rings. The SMILES string of the molecule is CC/C=C\CC1CCC(c2ccc(OC(=O)c3ccc(OCCCCC[C@@H](C)CC)cc3)cc2)CC1. The van der Waals surface area contributed by atoms with Gasteiger partial charge in [-0.15, -0.1) is 0 Å². The highest BCUT2D eigenvalue weighted by Crippen LogP contribution is 2.37. The quantitative estimate of drug-likeness (QED) is 0.114. The number of unbranched alkanes of at least 4 members (excludes halogenated alkanes) is 2. The van der Waals surface area contributed by atoms with Crippen molar-refractivity contribution in [2.24, 2.45) is 11.8 Å². The molecule has 1 atom stereocenters. The van der Waals surface area contributed by atoms with E-state index in [0.29, 0.717) is 23.8 Å². The van der Waals surface area contributed by atoms with Crippen molar-refractivity contribution in [3.63, 3.8) is 0 Å².